The van der Waals surface area contributed by atoms with Crippen molar-refractivity contribution in [2.75, 3.05) is 19.1 Å². The second-order valence-electron chi connectivity index (χ2n) is 6.87. The molecule has 0 aliphatic carbocycles. The van der Waals surface area contributed by atoms with Crippen molar-refractivity contribution in [3.8, 4) is 11.5 Å². The molecule has 2 aromatic carbocycles. The molecular weight excluding hydrogens is 407 g/mol. The van der Waals surface area contributed by atoms with E-state index in [2.05, 4.69) is 17.5 Å². The SMILES string of the molecule is CCCCCCCCCOc1ccc(/C=N/Nc2ccc(OC)c(Cl)c2)c(Cl)c1. The molecule has 0 atom stereocenters. The Kier molecular flexibility index (Phi) is 10.7. The lowest BCUT2D eigenvalue weighted by Gasteiger charge is -2.08. The zero-order valence-electron chi connectivity index (χ0n) is 17.2. The molecule has 0 aromatic heterocycles. The largest absolute Gasteiger partial charge is 0.495 e. The summed E-state index contributed by atoms with van der Waals surface area (Å²) in [7, 11) is 1.58. The fourth-order valence-corrected chi connectivity index (χ4v) is 3.34. The summed E-state index contributed by atoms with van der Waals surface area (Å²) in [4.78, 5) is 0. The maximum atomic E-state index is 6.35. The van der Waals surface area contributed by atoms with Gasteiger partial charge in [-0.2, -0.15) is 5.10 Å². The number of methoxy groups -OCH3 is 1. The van der Waals surface area contributed by atoms with Gasteiger partial charge in [0.2, 0.25) is 0 Å². The van der Waals surface area contributed by atoms with Gasteiger partial charge >= 0.3 is 0 Å². The second kappa shape index (κ2) is 13.3. The van der Waals surface area contributed by atoms with Crippen molar-refractivity contribution in [2.45, 2.75) is 51.9 Å². The number of hydrogen-bond acceptors (Lipinski definition) is 4. The van der Waals surface area contributed by atoms with Crippen molar-refractivity contribution in [1.82, 2.24) is 0 Å². The van der Waals surface area contributed by atoms with Gasteiger partial charge in [0, 0.05) is 5.56 Å². The van der Waals surface area contributed by atoms with E-state index in [0.717, 1.165) is 30.0 Å². The fourth-order valence-electron chi connectivity index (χ4n) is 2.86. The number of halogens is 2. The fraction of sp³-hybridized carbons (Fsp3) is 0.435. The van der Waals surface area contributed by atoms with E-state index < -0.39 is 0 Å². The maximum absolute atomic E-state index is 6.35. The van der Waals surface area contributed by atoms with Crippen LogP contribution in [0.4, 0.5) is 5.69 Å². The standard InChI is InChI=1S/C23H30Cl2N2O2/c1-3-4-5-6-7-8-9-14-29-20-12-10-18(21(24)16-20)17-26-27-19-11-13-23(28-2)22(25)15-19/h10-13,15-17,27H,3-9,14H2,1-2H3/b26-17+. The van der Waals surface area contributed by atoms with Gasteiger partial charge in [0.1, 0.15) is 11.5 Å². The maximum Gasteiger partial charge on any atom is 0.137 e. The molecule has 0 aliphatic heterocycles. The van der Waals surface area contributed by atoms with Crippen molar-refractivity contribution in [3.63, 3.8) is 0 Å². The normalized spacial score (nSPS) is 11.0. The Morgan fingerprint density at radius 1 is 0.931 bits per heavy atom. The van der Waals surface area contributed by atoms with Gasteiger partial charge in [0.05, 0.1) is 35.7 Å². The third-order valence-electron chi connectivity index (χ3n) is 4.54. The molecule has 0 saturated heterocycles. The molecule has 0 amide bonds. The number of anilines is 1. The highest BCUT2D eigenvalue weighted by Gasteiger charge is 2.03. The molecule has 158 valence electrons. The van der Waals surface area contributed by atoms with Gasteiger partial charge in [-0.05, 0) is 42.8 Å². The van der Waals surface area contributed by atoms with Crippen LogP contribution in [0.1, 0.15) is 57.4 Å². The highest BCUT2D eigenvalue weighted by atomic mass is 35.5. The molecule has 6 heteroatoms. The van der Waals surface area contributed by atoms with Crippen LogP contribution in [0, 0.1) is 0 Å². The molecule has 29 heavy (non-hydrogen) atoms. The van der Waals surface area contributed by atoms with Gasteiger partial charge in [-0.15, -0.1) is 0 Å². The molecule has 0 bridgehead atoms. The zero-order chi connectivity index (χ0) is 20.9. The Morgan fingerprint density at radius 3 is 2.38 bits per heavy atom. The van der Waals surface area contributed by atoms with Crippen LogP contribution < -0.4 is 14.9 Å². The van der Waals surface area contributed by atoms with E-state index in [4.69, 9.17) is 32.7 Å². The Hall–Kier alpha value is -1.91. The van der Waals surface area contributed by atoms with Crippen molar-refractivity contribution in [2.24, 2.45) is 5.10 Å². The number of nitrogens with one attached hydrogen (secondary N) is 1. The third kappa shape index (κ3) is 8.55. The van der Waals surface area contributed by atoms with Crippen molar-refractivity contribution in [3.05, 3.63) is 52.0 Å². The molecule has 2 rings (SSSR count). The minimum Gasteiger partial charge on any atom is -0.495 e. The molecule has 4 nitrogen and oxygen atoms in total. The zero-order valence-corrected chi connectivity index (χ0v) is 18.7. The van der Waals surface area contributed by atoms with E-state index in [9.17, 15) is 0 Å². The van der Waals surface area contributed by atoms with Crippen LogP contribution in [-0.2, 0) is 0 Å². The number of rotatable bonds is 13. The van der Waals surface area contributed by atoms with Gasteiger partial charge in [-0.25, -0.2) is 0 Å². The molecule has 0 aliphatic rings. The molecule has 0 unspecified atom stereocenters. The predicted octanol–water partition coefficient (Wildman–Crippen LogP) is 7.58. The van der Waals surface area contributed by atoms with Crippen LogP contribution in [-0.4, -0.2) is 19.9 Å². The van der Waals surface area contributed by atoms with Crippen LogP contribution in [0.25, 0.3) is 0 Å². The number of hydrazone groups is 1. The smallest absolute Gasteiger partial charge is 0.137 e. The Labute approximate surface area is 184 Å². The first-order valence-corrected chi connectivity index (χ1v) is 10.9. The molecule has 1 N–H and O–H groups in total. The van der Waals surface area contributed by atoms with Crippen LogP contribution >= 0.6 is 23.2 Å². The Bertz CT molecular complexity index is 781. The van der Waals surface area contributed by atoms with E-state index in [0.29, 0.717) is 15.8 Å². The summed E-state index contributed by atoms with van der Waals surface area (Å²) < 4.78 is 10.9. The van der Waals surface area contributed by atoms with Crippen LogP contribution in [0.15, 0.2) is 41.5 Å². The van der Waals surface area contributed by atoms with Crippen LogP contribution in [0.2, 0.25) is 10.0 Å². The minimum atomic E-state index is 0.521. The van der Waals surface area contributed by atoms with Crippen LogP contribution in [0.3, 0.4) is 0 Å². The van der Waals surface area contributed by atoms with Crippen LogP contribution in [0.5, 0.6) is 11.5 Å². The average Bonchev–Trinajstić information content (AvgIpc) is 2.71. The Balaban J connectivity index is 1.75. The van der Waals surface area contributed by atoms with Gasteiger partial charge in [-0.1, -0.05) is 68.7 Å². The van der Waals surface area contributed by atoms with E-state index in [-0.39, 0.29) is 0 Å². The molecule has 0 fully saturated rings. The topological polar surface area (TPSA) is 42.8 Å². The van der Waals surface area contributed by atoms with E-state index in [1.165, 1.54) is 38.5 Å². The average molecular weight is 437 g/mol. The molecule has 0 spiro atoms. The molecule has 0 saturated carbocycles. The van der Waals surface area contributed by atoms with Gasteiger partial charge in [-0.3, -0.25) is 5.43 Å². The lowest BCUT2D eigenvalue weighted by atomic mass is 10.1. The summed E-state index contributed by atoms with van der Waals surface area (Å²) in [5.41, 5.74) is 4.50. The van der Waals surface area contributed by atoms with Crippen molar-refractivity contribution < 1.29 is 9.47 Å². The highest BCUT2D eigenvalue weighted by molar-refractivity contribution is 6.33. The minimum absolute atomic E-state index is 0.521. The number of ether oxygens (including phenoxy) is 2. The number of benzene rings is 2. The molecule has 0 heterocycles. The van der Waals surface area contributed by atoms with Gasteiger partial charge < -0.3 is 9.47 Å². The van der Waals surface area contributed by atoms with Crippen molar-refractivity contribution >= 4 is 35.1 Å². The summed E-state index contributed by atoms with van der Waals surface area (Å²) in [5.74, 6) is 1.41. The lowest BCUT2D eigenvalue weighted by Crippen LogP contribution is -1.98. The van der Waals surface area contributed by atoms with Gasteiger partial charge in [0.25, 0.3) is 0 Å². The van der Waals surface area contributed by atoms with E-state index in [1.807, 2.05) is 24.3 Å². The third-order valence-corrected chi connectivity index (χ3v) is 5.16. The summed E-state index contributed by atoms with van der Waals surface area (Å²) in [6.07, 6.45) is 10.5. The summed E-state index contributed by atoms with van der Waals surface area (Å²) in [6.45, 7) is 2.96. The second-order valence-corrected chi connectivity index (χ2v) is 7.69. The van der Waals surface area contributed by atoms with Crippen molar-refractivity contribution in [1.29, 1.82) is 0 Å². The number of hydrogen-bond donors (Lipinski definition) is 1. The van der Waals surface area contributed by atoms with Gasteiger partial charge in [0.15, 0.2) is 0 Å². The summed E-state index contributed by atoms with van der Waals surface area (Å²) >= 11 is 12.5. The molecule has 0 radical (unpaired) electrons. The number of nitrogens with zero attached hydrogens (tertiary/aromatic N) is 1. The first kappa shape index (κ1) is 23.4. The molecular formula is C23H30Cl2N2O2. The lowest BCUT2D eigenvalue weighted by molar-refractivity contribution is 0.304. The summed E-state index contributed by atoms with van der Waals surface area (Å²) in [6, 6.07) is 11.0. The van der Waals surface area contributed by atoms with E-state index >= 15 is 0 Å². The first-order chi connectivity index (χ1) is 14.1. The highest BCUT2D eigenvalue weighted by Crippen LogP contribution is 2.27. The number of unbranched alkanes of at least 4 members (excludes halogenated alkanes) is 6. The quantitative estimate of drug-likeness (QED) is 0.200. The van der Waals surface area contributed by atoms with E-state index in [1.54, 1.807) is 25.5 Å². The first-order valence-electron chi connectivity index (χ1n) is 10.2. The summed E-state index contributed by atoms with van der Waals surface area (Å²) in [5, 5.41) is 5.34. The Morgan fingerprint density at radius 2 is 1.69 bits per heavy atom. The monoisotopic (exact) mass is 436 g/mol. The molecule has 2 aromatic rings. The predicted molar refractivity (Wildman–Crippen MR) is 124 cm³/mol.